The number of hydrogen-bond donors (Lipinski definition) is 2. The van der Waals surface area contributed by atoms with Gasteiger partial charge in [0.1, 0.15) is 0 Å². The van der Waals surface area contributed by atoms with Crippen molar-refractivity contribution in [2.45, 2.75) is 13.3 Å². The van der Waals surface area contributed by atoms with Crippen LogP contribution in [0.2, 0.25) is 0 Å². The molecular weight excluding hydrogens is 170 g/mol. The van der Waals surface area contributed by atoms with E-state index in [2.05, 4.69) is 24.9 Å². The van der Waals surface area contributed by atoms with Gasteiger partial charge in [0.25, 0.3) is 5.24 Å². The quantitative estimate of drug-likeness (QED) is 0.675. The van der Waals surface area contributed by atoms with E-state index in [1.54, 1.807) is 0 Å². The van der Waals surface area contributed by atoms with Crippen LogP contribution in [0.15, 0.2) is 24.3 Å². The van der Waals surface area contributed by atoms with E-state index in [1.165, 1.54) is 5.56 Å². The van der Waals surface area contributed by atoms with Crippen molar-refractivity contribution in [2.24, 2.45) is 0 Å². The summed E-state index contributed by atoms with van der Waals surface area (Å²) in [4.78, 5) is 10.6. The summed E-state index contributed by atoms with van der Waals surface area (Å²) in [6, 6.07) is 7.72. The highest BCUT2D eigenvalue weighted by molar-refractivity contribution is 7.96. The van der Waals surface area contributed by atoms with Crippen molar-refractivity contribution < 1.29 is 4.79 Å². The van der Waals surface area contributed by atoms with Crippen LogP contribution in [0.3, 0.4) is 0 Å². The molecule has 1 amide bonds. The molecule has 0 atom stereocenters. The molecule has 0 bridgehead atoms. The molecule has 1 aromatic carbocycles. The van der Waals surface area contributed by atoms with Crippen molar-refractivity contribution in [3.05, 3.63) is 29.8 Å². The molecule has 0 aliphatic rings. The second kappa shape index (κ2) is 4.16. The van der Waals surface area contributed by atoms with Crippen molar-refractivity contribution in [3.8, 4) is 0 Å². The first-order valence-corrected chi connectivity index (χ1v) is 4.26. The van der Waals surface area contributed by atoms with Gasteiger partial charge in [0, 0.05) is 5.69 Å². The Morgan fingerprint density at radius 2 is 2.33 bits per heavy atom. The molecule has 0 unspecified atom stereocenters. The second-order valence-electron chi connectivity index (χ2n) is 2.48. The number of amides is 1. The van der Waals surface area contributed by atoms with Gasteiger partial charge in [-0.3, -0.25) is 4.79 Å². The Balaban J connectivity index is 2.79. The summed E-state index contributed by atoms with van der Waals surface area (Å²) in [6.45, 7) is 2.07. The van der Waals surface area contributed by atoms with E-state index in [0.29, 0.717) is 0 Å². The highest BCUT2D eigenvalue weighted by Crippen LogP contribution is 2.11. The highest BCUT2D eigenvalue weighted by atomic mass is 32.1. The molecular formula is C9H11NOS. The summed E-state index contributed by atoms with van der Waals surface area (Å²) >= 11 is 3.62. The largest absolute Gasteiger partial charge is 0.317 e. The van der Waals surface area contributed by atoms with Gasteiger partial charge in [0.05, 0.1) is 0 Å². The van der Waals surface area contributed by atoms with Crippen LogP contribution in [-0.4, -0.2) is 5.24 Å². The first kappa shape index (κ1) is 9.13. The number of carbonyl (C=O) groups is 1. The minimum Gasteiger partial charge on any atom is -0.317 e. The molecule has 0 aliphatic heterocycles. The molecule has 1 rings (SSSR count). The molecule has 12 heavy (non-hydrogen) atoms. The predicted molar refractivity (Wildman–Crippen MR) is 53.8 cm³/mol. The van der Waals surface area contributed by atoms with Gasteiger partial charge >= 0.3 is 0 Å². The molecule has 2 nitrogen and oxygen atoms in total. The zero-order chi connectivity index (χ0) is 8.97. The van der Waals surface area contributed by atoms with Gasteiger partial charge in [-0.25, -0.2) is 0 Å². The number of aryl methyl sites for hydroxylation is 1. The molecule has 0 radical (unpaired) electrons. The van der Waals surface area contributed by atoms with Crippen LogP contribution in [0.5, 0.6) is 0 Å². The number of rotatable bonds is 2. The third-order valence-electron chi connectivity index (χ3n) is 1.59. The topological polar surface area (TPSA) is 29.1 Å². The van der Waals surface area contributed by atoms with Crippen molar-refractivity contribution >= 4 is 23.6 Å². The van der Waals surface area contributed by atoms with Crippen LogP contribution in [0.4, 0.5) is 10.5 Å². The lowest BCUT2D eigenvalue weighted by Crippen LogP contribution is -2.00. The second-order valence-corrected chi connectivity index (χ2v) is 2.89. The monoisotopic (exact) mass is 181 g/mol. The summed E-state index contributed by atoms with van der Waals surface area (Å²) in [5, 5.41) is 2.27. The van der Waals surface area contributed by atoms with Gasteiger partial charge in [-0.1, -0.05) is 31.7 Å². The van der Waals surface area contributed by atoms with Gasteiger partial charge in [0.2, 0.25) is 0 Å². The molecule has 0 spiro atoms. The van der Waals surface area contributed by atoms with Crippen LogP contribution in [0.25, 0.3) is 0 Å². The average molecular weight is 181 g/mol. The van der Waals surface area contributed by atoms with E-state index < -0.39 is 0 Å². The Morgan fingerprint density at radius 1 is 1.58 bits per heavy atom. The average Bonchev–Trinajstić information content (AvgIpc) is 2.03. The first-order valence-electron chi connectivity index (χ1n) is 3.81. The van der Waals surface area contributed by atoms with Gasteiger partial charge in [0.15, 0.2) is 0 Å². The third-order valence-corrected chi connectivity index (χ3v) is 1.70. The summed E-state index contributed by atoms with van der Waals surface area (Å²) in [5.41, 5.74) is 2.00. The molecule has 64 valence electrons. The van der Waals surface area contributed by atoms with Crippen LogP contribution < -0.4 is 5.32 Å². The maximum absolute atomic E-state index is 10.6. The van der Waals surface area contributed by atoms with Crippen molar-refractivity contribution in [3.63, 3.8) is 0 Å². The zero-order valence-electron chi connectivity index (χ0n) is 6.87. The summed E-state index contributed by atoms with van der Waals surface area (Å²) in [5.74, 6) is 0. The predicted octanol–water partition coefficient (Wildman–Crippen LogP) is 2.71. The molecule has 1 N–H and O–H groups in total. The summed E-state index contributed by atoms with van der Waals surface area (Å²) in [6.07, 6.45) is 0.969. The smallest absolute Gasteiger partial charge is 0.280 e. The van der Waals surface area contributed by atoms with E-state index in [1.807, 2.05) is 24.3 Å². The first-order chi connectivity index (χ1) is 5.72. The van der Waals surface area contributed by atoms with Gasteiger partial charge < -0.3 is 5.32 Å². The van der Waals surface area contributed by atoms with Gasteiger partial charge in [-0.15, -0.1) is 0 Å². The van der Waals surface area contributed by atoms with E-state index in [-0.39, 0.29) is 5.24 Å². The Labute approximate surface area is 77.4 Å². The molecule has 0 aromatic heterocycles. The van der Waals surface area contributed by atoms with E-state index >= 15 is 0 Å². The molecule has 1 aromatic rings. The zero-order valence-corrected chi connectivity index (χ0v) is 7.77. The molecule has 0 aliphatic carbocycles. The number of carbonyl (C=O) groups excluding carboxylic acids is 1. The normalized spacial score (nSPS) is 9.50. The molecule has 0 saturated heterocycles. The Hall–Kier alpha value is -0.960. The fraction of sp³-hybridized carbons (Fsp3) is 0.222. The van der Waals surface area contributed by atoms with E-state index in [0.717, 1.165) is 12.1 Å². The van der Waals surface area contributed by atoms with Crippen LogP contribution >= 0.6 is 12.6 Å². The Kier molecular flexibility index (Phi) is 3.17. The van der Waals surface area contributed by atoms with E-state index in [4.69, 9.17) is 0 Å². The van der Waals surface area contributed by atoms with Crippen molar-refractivity contribution in [1.29, 1.82) is 0 Å². The van der Waals surface area contributed by atoms with E-state index in [9.17, 15) is 4.79 Å². The number of anilines is 1. The third kappa shape index (κ3) is 2.58. The standard InChI is InChI=1S/C9H11NOS/c1-2-7-4-3-5-8(6-7)10-9(11)12/h3-6H,2H2,1H3,(H2,10,11,12). The fourth-order valence-electron chi connectivity index (χ4n) is 0.992. The minimum atomic E-state index is -0.330. The molecule has 0 fully saturated rings. The number of hydrogen-bond acceptors (Lipinski definition) is 1. The number of nitrogens with one attached hydrogen (secondary N) is 1. The summed E-state index contributed by atoms with van der Waals surface area (Å²) < 4.78 is 0. The SMILES string of the molecule is CCc1cccc(NC(=O)S)c1. The Bertz CT molecular complexity index is 286. The van der Waals surface area contributed by atoms with Crippen LogP contribution in [-0.2, 0) is 6.42 Å². The highest BCUT2D eigenvalue weighted by Gasteiger charge is 1.95. The lowest BCUT2D eigenvalue weighted by molar-refractivity contribution is 0.270. The molecule has 3 heteroatoms. The van der Waals surface area contributed by atoms with Crippen LogP contribution in [0.1, 0.15) is 12.5 Å². The maximum Gasteiger partial charge on any atom is 0.280 e. The maximum atomic E-state index is 10.6. The lowest BCUT2D eigenvalue weighted by atomic mass is 10.1. The van der Waals surface area contributed by atoms with Crippen LogP contribution in [0, 0.1) is 0 Å². The lowest BCUT2D eigenvalue weighted by Gasteiger charge is -2.02. The van der Waals surface area contributed by atoms with Crippen molar-refractivity contribution in [1.82, 2.24) is 0 Å². The van der Waals surface area contributed by atoms with Crippen molar-refractivity contribution in [2.75, 3.05) is 5.32 Å². The molecule has 0 saturated carbocycles. The summed E-state index contributed by atoms with van der Waals surface area (Å²) in [7, 11) is 0. The molecule has 0 heterocycles. The fourth-order valence-corrected chi connectivity index (χ4v) is 1.12. The number of benzene rings is 1. The number of thiol groups is 1. The minimum absolute atomic E-state index is 0.330. The van der Waals surface area contributed by atoms with Gasteiger partial charge in [-0.2, -0.15) is 0 Å². The van der Waals surface area contributed by atoms with Gasteiger partial charge in [-0.05, 0) is 24.1 Å². The Morgan fingerprint density at radius 3 is 2.92 bits per heavy atom.